The highest BCUT2D eigenvalue weighted by Crippen LogP contribution is 2.39. The molecule has 1 amide bonds. The Morgan fingerprint density at radius 2 is 1.82 bits per heavy atom. The summed E-state index contributed by atoms with van der Waals surface area (Å²) in [5.41, 5.74) is 1.74. The molecule has 0 unspecified atom stereocenters. The third-order valence-corrected chi connectivity index (χ3v) is 11.7. The molecule has 0 saturated carbocycles. The molecule has 2 heterocycles. The van der Waals surface area contributed by atoms with Crippen molar-refractivity contribution in [3.05, 3.63) is 23.4 Å². The molecule has 1 aromatic heterocycles. The van der Waals surface area contributed by atoms with Crippen LogP contribution in [-0.4, -0.2) is 48.3 Å². The van der Waals surface area contributed by atoms with Gasteiger partial charge in [-0.2, -0.15) is 0 Å². The lowest BCUT2D eigenvalue weighted by Gasteiger charge is -2.36. The molecule has 1 aliphatic rings. The Labute approximate surface area is 204 Å². The van der Waals surface area contributed by atoms with E-state index in [0.717, 1.165) is 49.9 Å². The van der Waals surface area contributed by atoms with Crippen LogP contribution in [0.1, 0.15) is 72.1 Å². The zero-order chi connectivity index (χ0) is 25.3. The lowest BCUT2D eigenvalue weighted by atomic mass is 9.91. The molecule has 190 valence electrons. The second-order valence-corrected chi connectivity index (χ2v) is 16.9. The summed E-state index contributed by atoms with van der Waals surface area (Å²) in [6.45, 7) is 18.4. The Bertz CT molecular complexity index is 995. The topological polar surface area (TPSA) is 85.0 Å². The van der Waals surface area contributed by atoms with E-state index in [-0.39, 0.29) is 16.9 Å². The van der Waals surface area contributed by atoms with Crippen LogP contribution in [0.4, 0.5) is 4.79 Å². The largest absolute Gasteiger partial charge is 0.507 e. The lowest BCUT2D eigenvalue weighted by molar-refractivity contribution is 0.0181. The van der Waals surface area contributed by atoms with Crippen LogP contribution in [0.25, 0.3) is 11.0 Å². The molecule has 0 bridgehead atoms. The Morgan fingerprint density at radius 3 is 2.41 bits per heavy atom. The van der Waals surface area contributed by atoms with Crippen LogP contribution >= 0.6 is 0 Å². The molecule has 8 heteroatoms. The molecule has 0 atom stereocenters. The summed E-state index contributed by atoms with van der Waals surface area (Å²) in [5, 5.41) is 15.9. The van der Waals surface area contributed by atoms with E-state index in [2.05, 4.69) is 39.0 Å². The highest BCUT2D eigenvalue weighted by molar-refractivity contribution is 6.74. The van der Waals surface area contributed by atoms with Crippen LogP contribution in [0, 0.1) is 5.92 Å². The van der Waals surface area contributed by atoms with E-state index in [1.54, 1.807) is 6.07 Å². The molecule has 7 nitrogen and oxygen atoms in total. The van der Waals surface area contributed by atoms with Crippen molar-refractivity contribution in [2.45, 2.75) is 97.6 Å². The third kappa shape index (κ3) is 6.33. The molecule has 2 aromatic rings. The normalized spacial score (nSPS) is 16.3. The number of phenols is 1. The first kappa shape index (κ1) is 26.5. The number of aromatic hydroxyl groups is 1. The number of rotatable bonds is 6. The summed E-state index contributed by atoms with van der Waals surface area (Å²) in [4.78, 5) is 14.1. The minimum atomic E-state index is -1.97. The summed E-state index contributed by atoms with van der Waals surface area (Å²) >= 11 is 0. The van der Waals surface area contributed by atoms with Gasteiger partial charge in [-0.15, -0.1) is 0 Å². The van der Waals surface area contributed by atoms with E-state index in [0.29, 0.717) is 23.7 Å². The zero-order valence-corrected chi connectivity index (χ0v) is 23.2. The van der Waals surface area contributed by atoms with Gasteiger partial charge in [-0.25, -0.2) is 4.79 Å². The van der Waals surface area contributed by atoms with Gasteiger partial charge in [0.25, 0.3) is 0 Å². The minimum Gasteiger partial charge on any atom is -0.507 e. The van der Waals surface area contributed by atoms with Crippen molar-refractivity contribution in [2.24, 2.45) is 5.92 Å². The van der Waals surface area contributed by atoms with Crippen molar-refractivity contribution in [3.63, 3.8) is 0 Å². The first-order chi connectivity index (χ1) is 15.7. The average Bonchev–Trinajstić information content (AvgIpc) is 3.13. The average molecular weight is 491 g/mol. The number of hydrogen-bond donors (Lipinski definition) is 1. The number of benzene rings is 1. The van der Waals surface area contributed by atoms with Crippen LogP contribution in [0.3, 0.4) is 0 Å². The number of nitrogens with zero attached hydrogens (tertiary/aromatic N) is 2. The maximum absolute atomic E-state index is 12.3. The SMILES string of the molecule is CC(C)(C)OC(=O)N1CCC(CCc2noc3c(CO[Si](C)(C)C(C)(C)C)c(O)ccc23)CC1. The lowest BCUT2D eigenvalue weighted by Crippen LogP contribution is -2.41. The Balaban J connectivity index is 1.61. The summed E-state index contributed by atoms with van der Waals surface area (Å²) in [6, 6.07) is 3.60. The number of aromatic nitrogens is 1. The maximum Gasteiger partial charge on any atom is 0.410 e. The van der Waals surface area contributed by atoms with Crippen LogP contribution in [0.5, 0.6) is 5.75 Å². The Morgan fingerprint density at radius 1 is 1.18 bits per heavy atom. The van der Waals surface area contributed by atoms with Crippen molar-refractivity contribution in [2.75, 3.05) is 13.1 Å². The number of likely N-dealkylation sites (tertiary alicyclic amines) is 1. The van der Waals surface area contributed by atoms with E-state index in [4.69, 9.17) is 13.7 Å². The first-order valence-electron chi connectivity index (χ1n) is 12.4. The molecule has 3 rings (SSSR count). The van der Waals surface area contributed by atoms with Crippen LogP contribution in [0.15, 0.2) is 16.7 Å². The molecule has 1 N–H and O–H groups in total. The third-order valence-electron chi connectivity index (χ3n) is 7.23. The van der Waals surface area contributed by atoms with Gasteiger partial charge < -0.3 is 23.7 Å². The summed E-state index contributed by atoms with van der Waals surface area (Å²) in [6.07, 6.45) is 3.49. The summed E-state index contributed by atoms with van der Waals surface area (Å²) < 4.78 is 17.5. The number of piperidine rings is 1. The summed E-state index contributed by atoms with van der Waals surface area (Å²) in [7, 11) is -1.97. The van der Waals surface area contributed by atoms with Gasteiger partial charge in [0, 0.05) is 18.5 Å². The molecule has 1 aromatic carbocycles. The van der Waals surface area contributed by atoms with Gasteiger partial charge in [0.05, 0.1) is 17.9 Å². The minimum absolute atomic E-state index is 0.0855. The second-order valence-electron chi connectivity index (χ2n) is 12.1. The van der Waals surface area contributed by atoms with Crippen molar-refractivity contribution in [3.8, 4) is 5.75 Å². The predicted octanol–water partition coefficient (Wildman–Crippen LogP) is 6.63. The number of amides is 1. The highest BCUT2D eigenvalue weighted by Gasteiger charge is 2.37. The van der Waals surface area contributed by atoms with Gasteiger partial charge >= 0.3 is 6.09 Å². The molecule has 34 heavy (non-hydrogen) atoms. The van der Waals surface area contributed by atoms with Gasteiger partial charge in [-0.1, -0.05) is 25.9 Å². The van der Waals surface area contributed by atoms with E-state index in [9.17, 15) is 9.90 Å². The molecule has 0 spiro atoms. The molecule has 0 radical (unpaired) electrons. The van der Waals surface area contributed by atoms with Gasteiger partial charge in [-0.3, -0.25) is 0 Å². The fraction of sp³-hybridized carbons (Fsp3) is 0.692. The van der Waals surface area contributed by atoms with Crippen LogP contribution in [0.2, 0.25) is 18.1 Å². The number of hydrogen-bond acceptors (Lipinski definition) is 6. The van der Waals surface area contributed by atoms with E-state index < -0.39 is 13.9 Å². The number of phenolic OH excluding ortho intramolecular Hbond substituents is 1. The van der Waals surface area contributed by atoms with E-state index in [1.807, 2.05) is 31.7 Å². The molecular weight excluding hydrogens is 448 g/mol. The standard InChI is InChI=1S/C26H42N2O5Si/c1-25(2,3)32-24(30)28-15-13-18(14-16-28)9-11-21-19-10-12-22(29)20(23(19)33-27-21)17-31-34(7,8)26(4,5)6/h10,12,18,29H,9,11,13-17H2,1-8H3. The molecule has 1 fully saturated rings. The number of ether oxygens (including phenoxy) is 1. The van der Waals surface area contributed by atoms with Crippen molar-refractivity contribution < 1.29 is 23.6 Å². The Kier molecular flexibility index (Phi) is 7.72. The Hall–Kier alpha value is -2.06. The molecule has 1 saturated heterocycles. The van der Waals surface area contributed by atoms with Gasteiger partial charge in [-0.05, 0) is 82.6 Å². The molecular formula is C26H42N2O5Si. The van der Waals surface area contributed by atoms with Crippen LogP contribution < -0.4 is 0 Å². The second kappa shape index (κ2) is 9.89. The number of carbonyl (C=O) groups is 1. The first-order valence-corrected chi connectivity index (χ1v) is 15.3. The predicted molar refractivity (Wildman–Crippen MR) is 137 cm³/mol. The fourth-order valence-corrected chi connectivity index (χ4v) is 4.90. The van der Waals surface area contributed by atoms with E-state index in [1.165, 1.54) is 0 Å². The van der Waals surface area contributed by atoms with Crippen molar-refractivity contribution in [1.29, 1.82) is 0 Å². The number of carbonyl (C=O) groups excluding carboxylic acids is 1. The van der Waals surface area contributed by atoms with E-state index >= 15 is 0 Å². The number of fused-ring (bicyclic) bond motifs is 1. The maximum atomic E-state index is 12.3. The van der Waals surface area contributed by atoms with Crippen molar-refractivity contribution >= 4 is 25.4 Å². The smallest absolute Gasteiger partial charge is 0.410 e. The highest BCUT2D eigenvalue weighted by atomic mass is 28.4. The van der Waals surface area contributed by atoms with Crippen LogP contribution in [-0.2, 0) is 22.2 Å². The molecule has 0 aliphatic carbocycles. The quantitative estimate of drug-likeness (QED) is 0.457. The monoisotopic (exact) mass is 490 g/mol. The zero-order valence-electron chi connectivity index (χ0n) is 22.2. The van der Waals surface area contributed by atoms with Crippen molar-refractivity contribution in [1.82, 2.24) is 10.1 Å². The fourth-order valence-electron chi connectivity index (χ4n) is 3.96. The van der Waals surface area contributed by atoms with Gasteiger partial charge in [0.2, 0.25) is 0 Å². The summed E-state index contributed by atoms with van der Waals surface area (Å²) in [5.74, 6) is 0.715. The number of aryl methyl sites for hydroxylation is 1. The molecule has 1 aliphatic heterocycles. The van der Waals surface area contributed by atoms with Gasteiger partial charge in [0.1, 0.15) is 11.4 Å². The van der Waals surface area contributed by atoms with Gasteiger partial charge in [0.15, 0.2) is 13.9 Å².